The Morgan fingerprint density at radius 3 is 2.38 bits per heavy atom. The zero-order chi connectivity index (χ0) is 20.1. The van der Waals surface area contributed by atoms with Crippen LogP contribution in [-0.2, 0) is 13.1 Å². The Bertz CT molecular complexity index is 764. The van der Waals surface area contributed by atoms with Gasteiger partial charge in [-0.2, -0.15) is 0 Å². The predicted octanol–water partition coefficient (Wildman–Crippen LogP) is 3.79. The molecule has 2 fully saturated rings. The fourth-order valence-corrected chi connectivity index (χ4v) is 5.00. The summed E-state index contributed by atoms with van der Waals surface area (Å²) in [4.78, 5) is 5.10. The first-order chi connectivity index (χ1) is 14.2. The summed E-state index contributed by atoms with van der Waals surface area (Å²) in [7, 11) is 0. The number of hydrogen-bond donors (Lipinski definition) is 1. The lowest BCUT2D eigenvalue weighted by atomic mass is 9.73. The molecule has 2 aromatic carbocycles. The van der Waals surface area contributed by atoms with Crippen LogP contribution in [0.25, 0.3) is 0 Å². The van der Waals surface area contributed by atoms with Gasteiger partial charge in [-0.15, -0.1) is 0 Å². The first-order valence-corrected chi connectivity index (χ1v) is 11.0. The minimum absolute atomic E-state index is 0.0725. The van der Waals surface area contributed by atoms with Crippen molar-refractivity contribution in [2.75, 3.05) is 39.4 Å². The molecule has 0 unspecified atom stereocenters. The van der Waals surface area contributed by atoms with Crippen molar-refractivity contribution < 1.29 is 9.84 Å². The monoisotopic (exact) mass is 394 g/mol. The van der Waals surface area contributed by atoms with Crippen molar-refractivity contribution in [3.63, 3.8) is 0 Å². The van der Waals surface area contributed by atoms with Crippen LogP contribution in [0.1, 0.15) is 30.9 Å². The van der Waals surface area contributed by atoms with E-state index in [0.29, 0.717) is 12.5 Å². The van der Waals surface area contributed by atoms with E-state index in [9.17, 15) is 5.11 Å². The van der Waals surface area contributed by atoms with Crippen molar-refractivity contribution in [2.45, 2.75) is 32.9 Å². The SMILES string of the molecule is CCCOc1ccc(CN2CC[C@]3(CO)CN(Cc4ccccc4)C[C@@H]3C2)cc1. The van der Waals surface area contributed by atoms with Gasteiger partial charge in [-0.1, -0.05) is 49.4 Å². The highest BCUT2D eigenvalue weighted by molar-refractivity contribution is 5.27. The van der Waals surface area contributed by atoms with Gasteiger partial charge in [0.2, 0.25) is 0 Å². The molecule has 2 atom stereocenters. The fourth-order valence-electron chi connectivity index (χ4n) is 5.00. The second-order valence-corrected chi connectivity index (χ2v) is 8.85. The number of ether oxygens (including phenoxy) is 1. The van der Waals surface area contributed by atoms with E-state index in [4.69, 9.17) is 4.74 Å². The molecule has 29 heavy (non-hydrogen) atoms. The number of aliphatic hydroxyl groups excluding tert-OH is 1. The Labute approximate surface area is 175 Å². The van der Waals surface area contributed by atoms with Crippen molar-refractivity contribution in [2.24, 2.45) is 11.3 Å². The second-order valence-electron chi connectivity index (χ2n) is 8.85. The van der Waals surface area contributed by atoms with Crippen molar-refractivity contribution in [1.82, 2.24) is 9.80 Å². The number of aliphatic hydroxyl groups is 1. The maximum absolute atomic E-state index is 10.3. The minimum atomic E-state index is 0.0725. The molecule has 0 amide bonds. The van der Waals surface area contributed by atoms with Gasteiger partial charge in [0.15, 0.2) is 0 Å². The summed E-state index contributed by atoms with van der Waals surface area (Å²) in [6.07, 6.45) is 2.11. The lowest BCUT2D eigenvalue weighted by molar-refractivity contribution is 0.0160. The van der Waals surface area contributed by atoms with E-state index in [2.05, 4.69) is 71.3 Å². The zero-order valence-corrected chi connectivity index (χ0v) is 17.6. The van der Waals surface area contributed by atoms with E-state index in [0.717, 1.165) is 64.5 Å². The normalized spacial score (nSPS) is 25.1. The first-order valence-electron chi connectivity index (χ1n) is 11.0. The summed E-state index contributed by atoms with van der Waals surface area (Å²) in [5.41, 5.74) is 2.77. The lowest BCUT2D eigenvalue weighted by Gasteiger charge is -2.42. The van der Waals surface area contributed by atoms with Crippen molar-refractivity contribution in [3.05, 3.63) is 65.7 Å². The van der Waals surface area contributed by atoms with Gasteiger partial charge in [0.05, 0.1) is 13.2 Å². The standard InChI is InChI=1S/C25H34N2O2/c1-2-14-29-24-10-8-22(9-11-24)15-26-13-12-25(20-28)19-27(18-23(25)17-26)16-21-6-4-3-5-7-21/h3-11,23,28H,2,12-20H2,1H3/t23-,25+/m0/s1. The third-order valence-electron chi connectivity index (χ3n) is 6.65. The van der Waals surface area contributed by atoms with Crippen LogP contribution in [0.4, 0.5) is 0 Å². The highest BCUT2D eigenvalue weighted by atomic mass is 16.5. The van der Waals surface area contributed by atoms with Gasteiger partial charge >= 0.3 is 0 Å². The van der Waals surface area contributed by atoms with E-state index in [1.54, 1.807) is 0 Å². The maximum atomic E-state index is 10.3. The molecule has 0 saturated carbocycles. The first kappa shape index (κ1) is 20.4. The summed E-state index contributed by atoms with van der Waals surface area (Å²) >= 11 is 0. The molecule has 2 aromatic rings. The molecule has 0 aliphatic carbocycles. The molecule has 4 rings (SSSR count). The highest BCUT2D eigenvalue weighted by Crippen LogP contribution is 2.43. The Balaban J connectivity index is 1.35. The summed E-state index contributed by atoms with van der Waals surface area (Å²) < 4.78 is 5.70. The molecule has 0 spiro atoms. The van der Waals surface area contributed by atoms with E-state index < -0.39 is 0 Å². The average Bonchev–Trinajstić information content (AvgIpc) is 3.11. The number of likely N-dealkylation sites (tertiary alicyclic amines) is 2. The number of piperidine rings is 1. The molecule has 0 bridgehead atoms. The molecule has 1 N–H and O–H groups in total. The van der Waals surface area contributed by atoms with Gasteiger partial charge in [-0.05, 0) is 48.6 Å². The average molecular weight is 395 g/mol. The molecule has 0 aromatic heterocycles. The summed E-state index contributed by atoms with van der Waals surface area (Å²) in [6, 6.07) is 19.3. The Morgan fingerprint density at radius 2 is 1.66 bits per heavy atom. The third kappa shape index (κ3) is 4.82. The summed E-state index contributed by atoms with van der Waals surface area (Å²) in [5, 5.41) is 10.3. The van der Waals surface area contributed by atoms with Crippen LogP contribution < -0.4 is 4.74 Å². The molecular formula is C25H34N2O2. The van der Waals surface area contributed by atoms with Gasteiger partial charge in [0, 0.05) is 38.1 Å². The second kappa shape index (κ2) is 9.29. The molecular weight excluding hydrogens is 360 g/mol. The van der Waals surface area contributed by atoms with E-state index in [1.165, 1.54) is 11.1 Å². The Kier molecular flexibility index (Phi) is 6.53. The Hall–Kier alpha value is -1.88. The predicted molar refractivity (Wildman–Crippen MR) is 117 cm³/mol. The third-order valence-corrected chi connectivity index (χ3v) is 6.65. The molecule has 0 radical (unpaired) electrons. The van der Waals surface area contributed by atoms with Crippen molar-refractivity contribution >= 4 is 0 Å². The number of hydrogen-bond acceptors (Lipinski definition) is 4. The molecule has 4 heteroatoms. The van der Waals surface area contributed by atoms with Crippen molar-refractivity contribution in [3.8, 4) is 5.75 Å². The molecule has 4 nitrogen and oxygen atoms in total. The van der Waals surface area contributed by atoms with Crippen LogP contribution in [0.3, 0.4) is 0 Å². The van der Waals surface area contributed by atoms with Crippen LogP contribution in [0.2, 0.25) is 0 Å². The van der Waals surface area contributed by atoms with Crippen LogP contribution in [0, 0.1) is 11.3 Å². The smallest absolute Gasteiger partial charge is 0.119 e. The number of rotatable bonds is 8. The quantitative estimate of drug-likeness (QED) is 0.739. The van der Waals surface area contributed by atoms with Gasteiger partial charge in [0.25, 0.3) is 0 Å². The van der Waals surface area contributed by atoms with Gasteiger partial charge in [0.1, 0.15) is 5.75 Å². The van der Waals surface area contributed by atoms with Gasteiger partial charge < -0.3 is 9.84 Å². The van der Waals surface area contributed by atoms with Crippen LogP contribution in [0.15, 0.2) is 54.6 Å². The molecule has 2 saturated heterocycles. The number of fused-ring (bicyclic) bond motifs is 1. The fraction of sp³-hybridized carbons (Fsp3) is 0.520. The molecule has 2 heterocycles. The van der Waals surface area contributed by atoms with Gasteiger partial charge in [-0.3, -0.25) is 9.80 Å². The number of nitrogens with zero attached hydrogens (tertiary/aromatic N) is 2. The molecule has 2 aliphatic rings. The Morgan fingerprint density at radius 1 is 0.966 bits per heavy atom. The van der Waals surface area contributed by atoms with Crippen LogP contribution >= 0.6 is 0 Å². The topological polar surface area (TPSA) is 35.9 Å². The van der Waals surface area contributed by atoms with Crippen LogP contribution in [-0.4, -0.2) is 54.3 Å². The number of benzene rings is 2. The summed E-state index contributed by atoms with van der Waals surface area (Å²) in [5.74, 6) is 1.50. The molecule has 2 aliphatic heterocycles. The zero-order valence-electron chi connectivity index (χ0n) is 17.6. The largest absolute Gasteiger partial charge is 0.494 e. The lowest BCUT2D eigenvalue weighted by Crippen LogP contribution is -2.48. The van der Waals surface area contributed by atoms with E-state index in [-0.39, 0.29) is 5.41 Å². The highest BCUT2D eigenvalue weighted by Gasteiger charge is 2.48. The van der Waals surface area contributed by atoms with Crippen LogP contribution in [0.5, 0.6) is 5.75 Å². The van der Waals surface area contributed by atoms with Gasteiger partial charge in [-0.25, -0.2) is 0 Å². The molecule has 156 valence electrons. The van der Waals surface area contributed by atoms with E-state index >= 15 is 0 Å². The minimum Gasteiger partial charge on any atom is -0.494 e. The van der Waals surface area contributed by atoms with Crippen molar-refractivity contribution in [1.29, 1.82) is 0 Å². The maximum Gasteiger partial charge on any atom is 0.119 e. The summed E-state index contributed by atoms with van der Waals surface area (Å²) in [6.45, 7) is 9.39. The van der Waals surface area contributed by atoms with E-state index in [1.807, 2.05) is 0 Å².